The molecule has 3 nitrogen and oxygen atoms in total. The third kappa shape index (κ3) is 4.97. The Bertz CT molecular complexity index is 201. The van der Waals surface area contributed by atoms with Crippen LogP contribution in [0.5, 0.6) is 0 Å². The summed E-state index contributed by atoms with van der Waals surface area (Å²) in [6.07, 6.45) is 9.86. The molecule has 0 saturated carbocycles. The van der Waals surface area contributed by atoms with Gasteiger partial charge in [-0.3, -0.25) is 5.41 Å². The molecule has 1 saturated heterocycles. The van der Waals surface area contributed by atoms with Gasteiger partial charge in [0, 0.05) is 12.5 Å². The first-order valence-electron chi connectivity index (χ1n) is 6.81. The number of unbranched alkanes of at least 4 members (excludes halogenated alkanes) is 1. The van der Waals surface area contributed by atoms with E-state index < -0.39 is 0 Å². The summed E-state index contributed by atoms with van der Waals surface area (Å²) < 4.78 is 0. The van der Waals surface area contributed by atoms with Crippen LogP contribution in [0, 0.1) is 5.41 Å². The molecule has 0 spiro atoms. The molecular formula is C13H27N3. The van der Waals surface area contributed by atoms with E-state index in [2.05, 4.69) is 11.8 Å². The van der Waals surface area contributed by atoms with Gasteiger partial charge in [0.2, 0.25) is 0 Å². The molecule has 1 fully saturated rings. The van der Waals surface area contributed by atoms with E-state index in [1.54, 1.807) is 0 Å². The number of amidine groups is 1. The van der Waals surface area contributed by atoms with Crippen molar-refractivity contribution in [3.8, 4) is 0 Å². The SMILES string of the molecule is CCCC1CCCCN1CCCCC(=N)N. The van der Waals surface area contributed by atoms with Gasteiger partial charge in [-0.1, -0.05) is 19.8 Å². The van der Waals surface area contributed by atoms with Crippen LogP contribution in [0.3, 0.4) is 0 Å². The number of likely N-dealkylation sites (tertiary alicyclic amines) is 1. The zero-order valence-corrected chi connectivity index (χ0v) is 10.7. The molecule has 1 atom stereocenters. The van der Waals surface area contributed by atoms with Gasteiger partial charge >= 0.3 is 0 Å². The van der Waals surface area contributed by atoms with Crippen molar-refractivity contribution in [3.05, 3.63) is 0 Å². The van der Waals surface area contributed by atoms with Crippen molar-refractivity contribution >= 4 is 5.84 Å². The van der Waals surface area contributed by atoms with E-state index in [1.165, 1.54) is 51.6 Å². The normalized spacial score (nSPS) is 22.2. The summed E-state index contributed by atoms with van der Waals surface area (Å²) in [5.74, 6) is 0.337. The van der Waals surface area contributed by atoms with E-state index in [-0.39, 0.29) is 0 Å². The smallest absolute Gasteiger partial charge is 0.0905 e. The Hall–Kier alpha value is -0.570. The lowest BCUT2D eigenvalue weighted by Crippen LogP contribution is -2.40. The van der Waals surface area contributed by atoms with Crippen LogP contribution in [0.15, 0.2) is 0 Å². The quantitative estimate of drug-likeness (QED) is 0.398. The summed E-state index contributed by atoms with van der Waals surface area (Å²) in [6.45, 7) is 4.77. The monoisotopic (exact) mass is 225 g/mol. The molecule has 1 heterocycles. The molecule has 0 radical (unpaired) electrons. The second-order valence-electron chi connectivity index (χ2n) is 4.96. The first-order chi connectivity index (χ1) is 7.74. The number of rotatable bonds is 7. The van der Waals surface area contributed by atoms with Crippen LogP contribution < -0.4 is 5.73 Å². The summed E-state index contributed by atoms with van der Waals surface area (Å²) in [7, 11) is 0. The van der Waals surface area contributed by atoms with Gasteiger partial charge in [0.15, 0.2) is 0 Å². The van der Waals surface area contributed by atoms with Gasteiger partial charge in [0.25, 0.3) is 0 Å². The third-order valence-corrected chi connectivity index (χ3v) is 3.51. The highest BCUT2D eigenvalue weighted by atomic mass is 15.2. The van der Waals surface area contributed by atoms with Crippen molar-refractivity contribution in [2.24, 2.45) is 5.73 Å². The average molecular weight is 225 g/mol. The molecule has 0 amide bonds. The van der Waals surface area contributed by atoms with Gasteiger partial charge in [-0.25, -0.2) is 0 Å². The lowest BCUT2D eigenvalue weighted by molar-refractivity contribution is 0.137. The molecule has 0 aliphatic carbocycles. The van der Waals surface area contributed by atoms with Crippen molar-refractivity contribution in [2.75, 3.05) is 13.1 Å². The first kappa shape index (κ1) is 13.5. The molecule has 0 aromatic carbocycles. The maximum absolute atomic E-state index is 7.19. The first-order valence-corrected chi connectivity index (χ1v) is 6.81. The number of hydrogen-bond donors (Lipinski definition) is 2. The van der Waals surface area contributed by atoms with E-state index in [0.29, 0.717) is 5.84 Å². The van der Waals surface area contributed by atoms with E-state index in [1.807, 2.05) is 0 Å². The van der Waals surface area contributed by atoms with E-state index >= 15 is 0 Å². The van der Waals surface area contributed by atoms with Crippen LogP contribution in [0.1, 0.15) is 58.3 Å². The number of nitrogens with one attached hydrogen (secondary N) is 1. The lowest BCUT2D eigenvalue weighted by atomic mass is 9.98. The minimum atomic E-state index is 0.337. The Morgan fingerprint density at radius 1 is 1.38 bits per heavy atom. The summed E-state index contributed by atoms with van der Waals surface area (Å²) >= 11 is 0. The van der Waals surface area contributed by atoms with Gasteiger partial charge in [-0.05, 0) is 45.2 Å². The Labute approximate surface area is 99.9 Å². The molecule has 0 aromatic rings. The Balaban J connectivity index is 2.18. The molecule has 3 N–H and O–H groups in total. The molecule has 1 unspecified atom stereocenters. The van der Waals surface area contributed by atoms with Crippen LogP contribution in [0.25, 0.3) is 0 Å². The Morgan fingerprint density at radius 3 is 2.88 bits per heavy atom. The average Bonchev–Trinajstić information content (AvgIpc) is 2.26. The zero-order chi connectivity index (χ0) is 11.8. The summed E-state index contributed by atoms with van der Waals surface area (Å²) in [6, 6.07) is 0.830. The Morgan fingerprint density at radius 2 is 2.19 bits per heavy atom. The molecule has 1 rings (SSSR count). The summed E-state index contributed by atoms with van der Waals surface area (Å²) in [4.78, 5) is 2.66. The fourth-order valence-corrected chi connectivity index (χ4v) is 2.64. The zero-order valence-electron chi connectivity index (χ0n) is 10.7. The number of nitrogens with zero attached hydrogens (tertiary/aromatic N) is 1. The van der Waals surface area contributed by atoms with Gasteiger partial charge in [0.05, 0.1) is 5.84 Å². The van der Waals surface area contributed by atoms with Crippen molar-refractivity contribution < 1.29 is 0 Å². The van der Waals surface area contributed by atoms with Gasteiger partial charge in [-0.15, -0.1) is 0 Å². The molecule has 1 aliphatic rings. The van der Waals surface area contributed by atoms with Crippen LogP contribution in [0.4, 0.5) is 0 Å². The summed E-state index contributed by atoms with van der Waals surface area (Å²) in [5, 5.41) is 7.19. The van der Waals surface area contributed by atoms with Gasteiger partial charge in [0.1, 0.15) is 0 Å². The van der Waals surface area contributed by atoms with Crippen LogP contribution in [0.2, 0.25) is 0 Å². The highest BCUT2D eigenvalue weighted by Gasteiger charge is 2.20. The molecule has 0 bridgehead atoms. The van der Waals surface area contributed by atoms with Crippen LogP contribution >= 0.6 is 0 Å². The van der Waals surface area contributed by atoms with Crippen molar-refractivity contribution in [2.45, 2.75) is 64.3 Å². The number of piperidine rings is 1. The van der Waals surface area contributed by atoms with E-state index in [4.69, 9.17) is 11.1 Å². The minimum Gasteiger partial charge on any atom is -0.388 e. The highest BCUT2D eigenvalue weighted by Crippen LogP contribution is 2.21. The molecule has 1 aliphatic heterocycles. The second-order valence-corrected chi connectivity index (χ2v) is 4.96. The fraction of sp³-hybridized carbons (Fsp3) is 0.923. The third-order valence-electron chi connectivity index (χ3n) is 3.51. The Kier molecular flexibility index (Phi) is 6.46. The predicted octanol–water partition coefficient (Wildman–Crippen LogP) is 2.75. The highest BCUT2D eigenvalue weighted by molar-refractivity contribution is 5.76. The molecular weight excluding hydrogens is 198 g/mol. The molecule has 16 heavy (non-hydrogen) atoms. The van der Waals surface area contributed by atoms with E-state index in [9.17, 15) is 0 Å². The van der Waals surface area contributed by atoms with E-state index in [0.717, 1.165) is 18.9 Å². The van der Waals surface area contributed by atoms with Crippen molar-refractivity contribution in [1.82, 2.24) is 4.90 Å². The number of hydrogen-bond acceptors (Lipinski definition) is 2. The molecule has 94 valence electrons. The topological polar surface area (TPSA) is 53.1 Å². The standard InChI is InChI=1S/C13H27N3/c1-2-7-12-8-3-5-10-16(12)11-6-4-9-13(14)15/h12H,2-11H2,1H3,(H3,14,15). The maximum atomic E-state index is 7.19. The van der Waals surface area contributed by atoms with Gasteiger partial charge < -0.3 is 10.6 Å². The lowest BCUT2D eigenvalue weighted by Gasteiger charge is -2.35. The van der Waals surface area contributed by atoms with Gasteiger partial charge in [-0.2, -0.15) is 0 Å². The second kappa shape index (κ2) is 7.66. The number of nitrogens with two attached hydrogens (primary N) is 1. The molecule has 0 aromatic heterocycles. The largest absolute Gasteiger partial charge is 0.388 e. The maximum Gasteiger partial charge on any atom is 0.0905 e. The fourth-order valence-electron chi connectivity index (χ4n) is 2.64. The van der Waals surface area contributed by atoms with Crippen LogP contribution in [-0.2, 0) is 0 Å². The van der Waals surface area contributed by atoms with Crippen molar-refractivity contribution in [1.29, 1.82) is 5.41 Å². The minimum absolute atomic E-state index is 0.337. The predicted molar refractivity (Wildman–Crippen MR) is 69.9 cm³/mol. The molecule has 3 heteroatoms. The summed E-state index contributed by atoms with van der Waals surface area (Å²) in [5.41, 5.74) is 5.36. The van der Waals surface area contributed by atoms with Crippen LogP contribution in [-0.4, -0.2) is 29.9 Å². The van der Waals surface area contributed by atoms with Crippen molar-refractivity contribution in [3.63, 3.8) is 0 Å².